The maximum absolute atomic E-state index is 9.96. The smallest absolute Gasteiger partial charge is 0.327 e. The van der Waals surface area contributed by atoms with Crippen LogP contribution >= 0.6 is 0 Å². The molecule has 0 aliphatic rings. The quantitative estimate of drug-likeness (QED) is 0.526. The van der Waals surface area contributed by atoms with Crippen LogP contribution in [0, 0.1) is 5.41 Å². The summed E-state index contributed by atoms with van der Waals surface area (Å²) in [5, 5.41) is 8.19. The van der Waals surface area contributed by atoms with E-state index in [1.807, 2.05) is 20.8 Å². The molecule has 0 aromatic carbocycles. The summed E-state index contributed by atoms with van der Waals surface area (Å²) in [6, 6.07) is 0. The molecule has 0 saturated carbocycles. The van der Waals surface area contributed by atoms with Gasteiger partial charge < -0.3 is 5.11 Å². The van der Waals surface area contributed by atoms with Gasteiger partial charge in [-0.2, -0.15) is 0 Å². The summed E-state index contributed by atoms with van der Waals surface area (Å²) in [7, 11) is 0. The average Bonchev–Trinajstić information content (AvgIpc) is 2.00. The van der Waals surface area contributed by atoms with Gasteiger partial charge in [0, 0.05) is 6.08 Å². The van der Waals surface area contributed by atoms with Crippen molar-refractivity contribution >= 4 is 5.97 Å². The predicted octanol–water partition coefficient (Wildman–Crippen LogP) is 3.03. The third kappa shape index (κ3) is 24.9. The number of hydrogen-bond acceptors (Lipinski definition) is 1. The Bertz CT molecular complexity index is 189. The van der Waals surface area contributed by atoms with Crippen LogP contribution in [0.4, 0.5) is 0 Å². The van der Waals surface area contributed by atoms with Gasteiger partial charge >= 0.3 is 5.97 Å². The van der Waals surface area contributed by atoms with E-state index < -0.39 is 5.97 Å². The highest BCUT2D eigenvalue weighted by Gasteiger charge is 2.03. The monoisotopic (exact) mass is 182 g/mol. The second kappa shape index (κ2) is 7.35. The van der Waals surface area contributed by atoms with Gasteiger partial charge in [-0.1, -0.05) is 52.2 Å². The van der Waals surface area contributed by atoms with E-state index in [-0.39, 0.29) is 5.41 Å². The number of carboxylic acids is 1. The summed E-state index contributed by atoms with van der Waals surface area (Å²) in [6.07, 6.45) is 6.11. The second-order valence-electron chi connectivity index (χ2n) is 3.51. The fourth-order valence-electron chi connectivity index (χ4n) is 0.321. The molecule has 74 valence electrons. The largest absolute Gasteiger partial charge is 0.478 e. The van der Waals surface area contributed by atoms with Crippen molar-refractivity contribution in [2.24, 2.45) is 5.41 Å². The van der Waals surface area contributed by atoms with E-state index in [9.17, 15) is 4.79 Å². The SMILES string of the molecule is C=CC=C.CC(C)(C)C=CC(=O)O. The fourth-order valence-corrected chi connectivity index (χ4v) is 0.321. The van der Waals surface area contributed by atoms with Gasteiger partial charge in [0.2, 0.25) is 0 Å². The Morgan fingerprint density at radius 3 is 1.69 bits per heavy atom. The molecule has 2 heteroatoms. The molecule has 0 aliphatic heterocycles. The van der Waals surface area contributed by atoms with Crippen LogP contribution < -0.4 is 0 Å². The zero-order valence-electron chi connectivity index (χ0n) is 8.58. The van der Waals surface area contributed by atoms with Gasteiger partial charge in [-0.05, 0) is 5.41 Å². The molecule has 0 fully saturated rings. The van der Waals surface area contributed by atoms with Gasteiger partial charge in [0.25, 0.3) is 0 Å². The minimum Gasteiger partial charge on any atom is -0.478 e. The molecule has 0 aromatic heterocycles. The Balaban J connectivity index is 0. The molecule has 0 aromatic rings. The minimum atomic E-state index is -0.884. The zero-order valence-corrected chi connectivity index (χ0v) is 8.58. The van der Waals surface area contributed by atoms with Crippen LogP contribution in [-0.2, 0) is 4.79 Å². The molecule has 0 heterocycles. The molecule has 0 aliphatic carbocycles. The van der Waals surface area contributed by atoms with Crippen molar-refractivity contribution in [3.8, 4) is 0 Å². The maximum Gasteiger partial charge on any atom is 0.327 e. The van der Waals surface area contributed by atoms with Crippen LogP contribution in [0.1, 0.15) is 20.8 Å². The van der Waals surface area contributed by atoms with Crippen molar-refractivity contribution in [2.45, 2.75) is 20.8 Å². The van der Waals surface area contributed by atoms with E-state index in [1.54, 1.807) is 18.2 Å². The fraction of sp³-hybridized carbons (Fsp3) is 0.364. The van der Waals surface area contributed by atoms with Crippen LogP contribution in [0.25, 0.3) is 0 Å². The van der Waals surface area contributed by atoms with Gasteiger partial charge in [0.05, 0.1) is 0 Å². The molecule has 0 amide bonds. The Morgan fingerprint density at radius 2 is 1.62 bits per heavy atom. The van der Waals surface area contributed by atoms with E-state index >= 15 is 0 Å². The third-order valence-electron chi connectivity index (χ3n) is 0.893. The summed E-state index contributed by atoms with van der Waals surface area (Å²) in [6.45, 7) is 12.6. The molecule has 0 rings (SSSR count). The Labute approximate surface area is 80.3 Å². The molecule has 2 nitrogen and oxygen atoms in total. The first kappa shape index (κ1) is 14.2. The van der Waals surface area contributed by atoms with Crippen LogP contribution in [0.3, 0.4) is 0 Å². The second-order valence-corrected chi connectivity index (χ2v) is 3.51. The van der Waals surface area contributed by atoms with Crippen molar-refractivity contribution in [1.82, 2.24) is 0 Å². The van der Waals surface area contributed by atoms with Crippen molar-refractivity contribution in [3.63, 3.8) is 0 Å². The summed E-state index contributed by atoms with van der Waals surface area (Å²) >= 11 is 0. The van der Waals surface area contributed by atoms with Gasteiger partial charge in [0.1, 0.15) is 0 Å². The molecule has 13 heavy (non-hydrogen) atoms. The van der Waals surface area contributed by atoms with E-state index in [2.05, 4.69) is 13.2 Å². The highest BCUT2D eigenvalue weighted by molar-refractivity contribution is 5.79. The first-order valence-electron chi connectivity index (χ1n) is 3.99. The van der Waals surface area contributed by atoms with Crippen molar-refractivity contribution < 1.29 is 9.90 Å². The summed E-state index contributed by atoms with van der Waals surface area (Å²) in [5.41, 5.74) is -0.0294. The van der Waals surface area contributed by atoms with Crippen molar-refractivity contribution in [1.29, 1.82) is 0 Å². The first-order valence-corrected chi connectivity index (χ1v) is 3.99. The lowest BCUT2D eigenvalue weighted by molar-refractivity contribution is -0.131. The highest BCUT2D eigenvalue weighted by atomic mass is 16.4. The van der Waals surface area contributed by atoms with E-state index in [0.717, 1.165) is 0 Å². The number of aliphatic carboxylic acids is 1. The molecule has 0 spiro atoms. The standard InChI is InChI=1S/C7H12O2.C4H6/c1-7(2,3)5-4-6(8)9;1-3-4-2/h4-5H,1-3H3,(H,8,9);3-4H,1-2H2. The topological polar surface area (TPSA) is 37.3 Å². The number of carboxylic acid groups (broad SMARTS) is 1. The Morgan fingerprint density at radius 1 is 1.23 bits per heavy atom. The maximum atomic E-state index is 9.96. The molecular weight excluding hydrogens is 164 g/mol. The molecule has 0 radical (unpaired) electrons. The lowest BCUT2D eigenvalue weighted by Crippen LogP contribution is -2.00. The van der Waals surface area contributed by atoms with Gasteiger partial charge in [-0.25, -0.2) is 4.79 Å². The molecular formula is C11H18O2. The first-order chi connectivity index (χ1) is 5.83. The number of carbonyl (C=O) groups is 1. The lowest BCUT2D eigenvalue weighted by atomic mass is 9.96. The Hall–Kier alpha value is -1.31. The van der Waals surface area contributed by atoms with Gasteiger partial charge in [0.15, 0.2) is 0 Å². The van der Waals surface area contributed by atoms with E-state index in [4.69, 9.17) is 5.11 Å². The number of hydrogen-bond donors (Lipinski definition) is 1. The zero-order chi connectivity index (χ0) is 10.9. The summed E-state index contributed by atoms with van der Waals surface area (Å²) < 4.78 is 0. The van der Waals surface area contributed by atoms with Crippen LogP contribution in [0.2, 0.25) is 0 Å². The molecule has 0 bridgehead atoms. The van der Waals surface area contributed by atoms with Crippen LogP contribution in [0.15, 0.2) is 37.5 Å². The van der Waals surface area contributed by atoms with Crippen molar-refractivity contribution in [2.75, 3.05) is 0 Å². The summed E-state index contributed by atoms with van der Waals surface area (Å²) in [4.78, 5) is 9.96. The van der Waals surface area contributed by atoms with Gasteiger partial charge in [-0.3, -0.25) is 0 Å². The molecule has 0 atom stereocenters. The predicted molar refractivity (Wildman–Crippen MR) is 56.6 cm³/mol. The van der Waals surface area contributed by atoms with Gasteiger partial charge in [-0.15, -0.1) is 0 Å². The number of allylic oxidation sites excluding steroid dienone is 3. The van der Waals surface area contributed by atoms with E-state index in [1.165, 1.54) is 6.08 Å². The normalized spacial score (nSPS) is 10.1. The lowest BCUT2D eigenvalue weighted by Gasteiger charge is -2.09. The molecule has 1 N–H and O–H groups in total. The van der Waals surface area contributed by atoms with Crippen LogP contribution in [-0.4, -0.2) is 11.1 Å². The minimum absolute atomic E-state index is 0.0294. The average molecular weight is 182 g/mol. The van der Waals surface area contributed by atoms with E-state index in [0.29, 0.717) is 0 Å². The molecule has 0 saturated heterocycles. The number of rotatable bonds is 2. The Kier molecular flexibility index (Phi) is 8.04. The van der Waals surface area contributed by atoms with Crippen molar-refractivity contribution in [3.05, 3.63) is 37.5 Å². The third-order valence-corrected chi connectivity index (χ3v) is 0.893. The summed E-state index contributed by atoms with van der Waals surface area (Å²) in [5.74, 6) is -0.884. The highest BCUT2D eigenvalue weighted by Crippen LogP contribution is 2.13. The molecule has 0 unspecified atom stereocenters. The van der Waals surface area contributed by atoms with Crippen LogP contribution in [0.5, 0.6) is 0 Å².